The minimum Gasteiger partial charge on any atom is -0.372 e. The number of hydrogen-bond acceptors (Lipinski definition) is 5. The van der Waals surface area contributed by atoms with Gasteiger partial charge in [0.25, 0.3) is 0 Å². The second-order valence-corrected chi connectivity index (χ2v) is 8.11. The van der Waals surface area contributed by atoms with Gasteiger partial charge in [-0.25, -0.2) is 0 Å². The normalized spacial score (nSPS) is 17.7. The van der Waals surface area contributed by atoms with E-state index < -0.39 is 0 Å². The lowest BCUT2D eigenvalue weighted by molar-refractivity contribution is -0.118. The number of Topliss-reactive ketones (excluding diaryl/α,β-unsaturated/α-hetero) is 1. The Labute approximate surface area is 166 Å². The van der Waals surface area contributed by atoms with Crippen molar-refractivity contribution in [2.75, 3.05) is 18.0 Å². The van der Waals surface area contributed by atoms with E-state index in [1.807, 2.05) is 0 Å². The zero-order chi connectivity index (χ0) is 19.2. The average molecular weight is 387 g/mol. The molecule has 1 aromatic carbocycles. The molecule has 0 N–H and O–H groups in total. The highest BCUT2D eigenvalue weighted by atomic mass is 32.2. The Morgan fingerprint density at radius 3 is 2.48 bits per heavy atom. The molecule has 1 aromatic heterocycles. The van der Waals surface area contributed by atoms with Crippen LogP contribution in [-0.2, 0) is 11.3 Å². The first-order chi connectivity index (χ1) is 13.2. The third kappa shape index (κ3) is 4.54. The molecule has 146 valence electrons. The number of ketones is 1. The van der Waals surface area contributed by atoms with Crippen molar-refractivity contribution in [2.45, 2.75) is 69.8 Å². The van der Waals surface area contributed by atoms with Gasteiger partial charge in [-0.1, -0.05) is 24.6 Å². The standard InChI is InChI=1S/C21H30N4OS/c1-4-24(5-2)17-14-12-16(13-15-17)20-22-23-21(25(20)6-3)27-19-11-9-7-8-10-18(19)26/h12-15,19H,4-11H2,1-3H3. The van der Waals surface area contributed by atoms with Crippen LogP contribution in [0, 0.1) is 0 Å². The van der Waals surface area contributed by atoms with Gasteiger partial charge in [0, 0.05) is 37.3 Å². The number of thioether (sulfide) groups is 1. The summed E-state index contributed by atoms with van der Waals surface area (Å²) >= 11 is 1.60. The van der Waals surface area contributed by atoms with Gasteiger partial charge in [-0.15, -0.1) is 10.2 Å². The number of anilines is 1. The highest BCUT2D eigenvalue weighted by Crippen LogP contribution is 2.32. The Balaban J connectivity index is 1.82. The average Bonchev–Trinajstić information content (AvgIpc) is 2.99. The number of aromatic nitrogens is 3. The molecular formula is C21H30N4OS. The van der Waals surface area contributed by atoms with E-state index in [4.69, 9.17) is 0 Å². The summed E-state index contributed by atoms with van der Waals surface area (Å²) in [5.41, 5.74) is 2.30. The maximum Gasteiger partial charge on any atom is 0.192 e. The minimum atomic E-state index is 0.0277. The highest BCUT2D eigenvalue weighted by molar-refractivity contribution is 8.00. The summed E-state index contributed by atoms with van der Waals surface area (Å²) in [6.45, 7) is 9.24. The quantitative estimate of drug-likeness (QED) is 0.640. The smallest absolute Gasteiger partial charge is 0.192 e. The van der Waals surface area contributed by atoms with E-state index in [2.05, 4.69) is 64.7 Å². The Bertz CT molecular complexity index is 752. The van der Waals surface area contributed by atoms with Crippen molar-refractivity contribution in [1.82, 2.24) is 14.8 Å². The van der Waals surface area contributed by atoms with Crippen LogP contribution >= 0.6 is 11.8 Å². The van der Waals surface area contributed by atoms with Crippen LogP contribution in [0.25, 0.3) is 11.4 Å². The summed E-state index contributed by atoms with van der Waals surface area (Å²) in [6, 6.07) is 8.54. The van der Waals surface area contributed by atoms with E-state index in [0.717, 1.165) is 61.9 Å². The molecule has 27 heavy (non-hydrogen) atoms. The molecule has 2 aromatic rings. The van der Waals surface area contributed by atoms with Gasteiger partial charge in [-0.3, -0.25) is 4.79 Å². The van der Waals surface area contributed by atoms with E-state index in [1.165, 1.54) is 5.69 Å². The first-order valence-corrected chi connectivity index (χ1v) is 11.0. The van der Waals surface area contributed by atoms with Gasteiger partial charge in [-0.2, -0.15) is 0 Å². The largest absolute Gasteiger partial charge is 0.372 e. The van der Waals surface area contributed by atoms with E-state index in [9.17, 15) is 4.79 Å². The Kier molecular flexibility index (Phi) is 6.94. The number of benzene rings is 1. The molecule has 3 rings (SSSR count). The lowest BCUT2D eigenvalue weighted by atomic mass is 10.2. The van der Waals surface area contributed by atoms with E-state index in [1.54, 1.807) is 11.8 Å². The molecule has 0 saturated heterocycles. The lowest BCUT2D eigenvalue weighted by Crippen LogP contribution is -2.21. The monoisotopic (exact) mass is 386 g/mol. The second kappa shape index (κ2) is 9.40. The molecule has 5 nitrogen and oxygen atoms in total. The summed E-state index contributed by atoms with van der Waals surface area (Å²) < 4.78 is 2.13. The molecule has 1 saturated carbocycles. The van der Waals surface area contributed by atoms with Gasteiger partial charge in [-0.05, 0) is 57.9 Å². The van der Waals surface area contributed by atoms with Crippen molar-refractivity contribution >= 4 is 23.2 Å². The van der Waals surface area contributed by atoms with Crippen LogP contribution in [0.4, 0.5) is 5.69 Å². The number of carbonyl (C=O) groups is 1. The van der Waals surface area contributed by atoms with Gasteiger partial charge in [0.1, 0.15) is 5.78 Å². The van der Waals surface area contributed by atoms with Crippen molar-refractivity contribution < 1.29 is 4.79 Å². The van der Waals surface area contributed by atoms with Crippen LogP contribution < -0.4 is 4.90 Å². The summed E-state index contributed by atoms with van der Waals surface area (Å²) in [7, 11) is 0. The molecule has 0 amide bonds. The molecule has 1 unspecified atom stereocenters. The van der Waals surface area contributed by atoms with Gasteiger partial charge >= 0.3 is 0 Å². The molecule has 1 heterocycles. The van der Waals surface area contributed by atoms with Crippen LogP contribution in [0.1, 0.15) is 52.9 Å². The zero-order valence-electron chi connectivity index (χ0n) is 16.6. The maximum absolute atomic E-state index is 12.4. The van der Waals surface area contributed by atoms with Crippen LogP contribution in [-0.4, -0.2) is 38.9 Å². The fourth-order valence-corrected chi connectivity index (χ4v) is 4.88. The van der Waals surface area contributed by atoms with Gasteiger partial charge in [0.15, 0.2) is 11.0 Å². The minimum absolute atomic E-state index is 0.0277. The second-order valence-electron chi connectivity index (χ2n) is 6.94. The molecule has 0 spiro atoms. The SMILES string of the molecule is CCN(CC)c1ccc(-c2nnc(SC3CCCCCC3=O)n2CC)cc1. The third-order valence-corrected chi connectivity index (χ3v) is 6.58. The lowest BCUT2D eigenvalue weighted by Gasteiger charge is -2.21. The molecule has 0 aliphatic heterocycles. The Morgan fingerprint density at radius 2 is 1.81 bits per heavy atom. The molecule has 0 bridgehead atoms. The summed E-state index contributed by atoms with van der Waals surface area (Å²) in [4.78, 5) is 14.7. The van der Waals surface area contributed by atoms with E-state index in [0.29, 0.717) is 12.2 Å². The van der Waals surface area contributed by atoms with E-state index in [-0.39, 0.29) is 5.25 Å². The van der Waals surface area contributed by atoms with Crippen molar-refractivity contribution in [1.29, 1.82) is 0 Å². The molecule has 1 fully saturated rings. The van der Waals surface area contributed by atoms with Crippen LogP contribution in [0.5, 0.6) is 0 Å². The van der Waals surface area contributed by atoms with Gasteiger partial charge in [0.05, 0.1) is 5.25 Å². The van der Waals surface area contributed by atoms with Crippen molar-refractivity contribution in [3.8, 4) is 11.4 Å². The molecule has 1 aliphatic rings. The molecule has 6 heteroatoms. The van der Waals surface area contributed by atoms with Crippen molar-refractivity contribution in [2.24, 2.45) is 0 Å². The summed E-state index contributed by atoms with van der Waals surface area (Å²) in [6.07, 6.45) is 4.98. The highest BCUT2D eigenvalue weighted by Gasteiger charge is 2.25. The number of carbonyl (C=O) groups excluding carboxylic acids is 1. The molecule has 0 radical (unpaired) electrons. The summed E-state index contributed by atoms with van der Waals surface area (Å²) in [5, 5.41) is 9.77. The number of hydrogen-bond donors (Lipinski definition) is 0. The predicted octanol–water partition coefficient (Wildman–Crippen LogP) is 4.81. The third-order valence-electron chi connectivity index (χ3n) is 5.28. The molecular weight excluding hydrogens is 356 g/mol. The summed E-state index contributed by atoms with van der Waals surface area (Å²) in [5.74, 6) is 1.25. The first kappa shape index (κ1) is 19.9. The van der Waals surface area contributed by atoms with Crippen LogP contribution in [0.3, 0.4) is 0 Å². The fraction of sp³-hybridized carbons (Fsp3) is 0.571. The van der Waals surface area contributed by atoms with Gasteiger partial charge < -0.3 is 9.47 Å². The van der Waals surface area contributed by atoms with E-state index >= 15 is 0 Å². The van der Waals surface area contributed by atoms with Crippen LogP contribution in [0.15, 0.2) is 29.4 Å². The number of rotatable bonds is 7. The maximum atomic E-state index is 12.4. The molecule has 1 atom stereocenters. The Hall–Kier alpha value is -1.82. The fourth-order valence-electron chi connectivity index (χ4n) is 3.66. The predicted molar refractivity (Wildman–Crippen MR) is 112 cm³/mol. The van der Waals surface area contributed by atoms with Crippen molar-refractivity contribution in [3.63, 3.8) is 0 Å². The van der Waals surface area contributed by atoms with Crippen LogP contribution in [0.2, 0.25) is 0 Å². The number of nitrogens with zero attached hydrogens (tertiary/aromatic N) is 4. The molecule has 1 aliphatic carbocycles. The van der Waals surface area contributed by atoms with Crippen molar-refractivity contribution in [3.05, 3.63) is 24.3 Å². The van der Waals surface area contributed by atoms with Gasteiger partial charge in [0.2, 0.25) is 0 Å². The first-order valence-electron chi connectivity index (χ1n) is 10.2. The Morgan fingerprint density at radius 1 is 1.07 bits per heavy atom. The zero-order valence-corrected chi connectivity index (χ0v) is 17.5. The topological polar surface area (TPSA) is 51.0 Å².